The Bertz CT molecular complexity index is 1350. The highest BCUT2D eigenvalue weighted by Crippen LogP contribution is 2.38. The van der Waals surface area contributed by atoms with Crippen LogP contribution in [0.2, 0.25) is 0 Å². The lowest BCUT2D eigenvalue weighted by Crippen LogP contribution is -2.28. The van der Waals surface area contributed by atoms with E-state index in [1.807, 2.05) is 24.3 Å². The molecule has 11 heteroatoms. The molecule has 0 amide bonds. The van der Waals surface area contributed by atoms with Crippen molar-refractivity contribution in [3.63, 3.8) is 0 Å². The van der Waals surface area contributed by atoms with Crippen LogP contribution in [0, 0.1) is 5.92 Å². The van der Waals surface area contributed by atoms with Gasteiger partial charge < -0.3 is 33.2 Å². The predicted octanol–water partition coefficient (Wildman–Crippen LogP) is 5.02. The number of hydrogen-bond acceptors (Lipinski definition) is 11. The maximum absolute atomic E-state index is 13.4. The fourth-order valence-electron chi connectivity index (χ4n) is 4.61. The van der Waals surface area contributed by atoms with Crippen LogP contribution in [-0.2, 0) is 14.3 Å². The Balaban J connectivity index is 1.93. The Kier molecular flexibility index (Phi) is 11.3. The van der Waals surface area contributed by atoms with Crippen LogP contribution in [0.25, 0.3) is 0 Å². The normalized spacial score (nSPS) is 12.1. The van der Waals surface area contributed by atoms with Gasteiger partial charge in [-0.3, -0.25) is 14.4 Å². The Hall–Kier alpha value is -4.80. The van der Waals surface area contributed by atoms with E-state index in [1.165, 1.54) is 26.3 Å². The highest BCUT2D eigenvalue weighted by atomic mass is 16.6. The predicted molar refractivity (Wildman–Crippen MR) is 157 cm³/mol. The van der Waals surface area contributed by atoms with E-state index in [-0.39, 0.29) is 23.6 Å². The Morgan fingerprint density at radius 1 is 0.744 bits per heavy atom. The first-order valence-corrected chi connectivity index (χ1v) is 13.5. The average molecular weight is 596 g/mol. The third-order valence-corrected chi connectivity index (χ3v) is 6.73. The van der Waals surface area contributed by atoms with Gasteiger partial charge in [0.25, 0.3) is 0 Å². The van der Waals surface area contributed by atoms with E-state index in [2.05, 4.69) is 4.98 Å². The highest BCUT2D eigenvalue weighted by molar-refractivity contribution is 6.00. The molecule has 0 radical (unpaired) electrons. The molecule has 0 spiro atoms. The van der Waals surface area contributed by atoms with Crippen LogP contribution in [0.4, 0.5) is 0 Å². The lowest BCUT2D eigenvalue weighted by atomic mass is 9.86. The molecule has 2 atom stereocenters. The number of aromatic nitrogens is 1. The summed E-state index contributed by atoms with van der Waals surface area (Å²) in [5, 5.41) is 0. The molecule has 2 aromatic carbocycles. The van der Waals surface area contributed by atoms with Crippen LogP contribution in [-0.4, -0.2) is 64.4 Å². The molecule has 0 fully saturated rings. The number of pyridine rings is 1. The maximum atomic E-state index is 13.4. The van der Waals surface area contributed by atoms with Gasteiger partial charge in [0, 0.05) is 43.7 Å². The number of Topliss-reactive ketones (excluding diaryl/α,β-unsaturated/α-hetero) is 1. The van der Waals surface area contributed by atoms with Crippen molar-refractivity contribution in [2.24, 2.45) is 5.92 Å². The van der Waals surface area contributed by atoms with Crippen molar-refractivity contribution in [2.75, 3.05) is 35.5 Å². The Labute approximate surface area is 251 Å². The number of ether oxygens (including phenoxy) is 7. The number of rotatable bonds is 14. The topological polar surface area (TPSA) is 129 Å². The van der Waals surface area contributed by atoms with Gasteiger partial charge in [-0.25, -0.2) is 4.98 Å². The molecule has 0 N–H and O–H groups in total. The minimum Gasteiger partial charge on any atom is -0.497 e. The lowest BCUT2D eigenvalue weighted by Gasteiger charge is -2.27. The summed E-state index contributed by atoms with van der Waals surface area (Å²) < 4.78 is 38.3. The zero-order valence-corrected chi connectivity index (χ0v) is 25.6. The number of hydrogen-bond donors (Lipinski definition) is 0. The quantitative estimate of drug-likeness (QED) is 0.184. The molecule has 0 aliphatic carbocycles. The molecule has 0 saturated carbocycles. The minimum atomic E-state index is -0.853. The van der Waals surface area contributed by atoms with E-state index in [0.717, 1.165) is 11.1 Å². The molecule has 1 heterocycles. The fraction of sp³-hybridized carbons (Fsp3) is 0.375. The summed E-state index contributed by atoms with van der Waals surface area (Å²) in [5.41, 5.74) is 1.39. The second kappa shape index (κ2) is 14.9. The maximum Gasteiger partial charge on any atom is 0.309 e. The largest absolute Gasteiger partial charge is 0.497 e. The Morgan fingerprint density at radius 2 is 1.23 bits per heavy atom. The first-order valence-electron chi connectivity index (χ1n) is 13.5. The molecule has 0 unspecified atom stereocenters. The van der Waals surface area contributed by atoms with Gasteiger partial charge >= 0.3 is 11.9 Å². The third kappa shape index (κ3) is 8.15. The second-order valence-corrected chi connectivity index (χ2v) is 9.72. The van der Waals surface area contributed by atoms with Crippen molar-refractivity contribution in [3.8, 4) is 34.5 Å². The monoisotopic (exact) mass is 595 g/mol. The zero-order chi connectivity index (χ0) is 31.7. The summed E-state index contributed by atoms with van der Waals surface area (Å²) in [6.45, 7) is 4.54. The summed E-state index contributed by atoms with van der Waals surface area (Å²) in [6.07, 6.45) is 0.398. The molecule has 0 aliphatic heterocycles. The average Bonchev–Trinajstić information content (AvgIpc) is 3.00. The molecule has 230 valence electrons. The van der Waals surface area contributed by atoms with Crippen molar-refractivity contribution >= 4 is 17.7 Å². The second-order valence-electron chi connectivity index (χ2n) is 9.72. The molecule has 11 nitrogen and oxygen atoms in total. The van der Waals surface area contributed by atoms with Gasteiger partial charge in [0.15, 0.2) is 17.2 Å². The minimum absolute atomic E-state index is 0.101. The fourth-order valence-corrected chi connectivity index (χ4v) is 4.61. The van der Waals surface area contributed by atoms with Crippen LogP contribution < -0.4 is 28.4 Å². The molecular formula is C32H37NO10. The molecular weight excluding hydrogens is 558 g/mol. The molecule has 3 aromatic rings. The van der Waals surface area contributed by atoms with Gasteiger partial charge in [-0.15, -0.1) is 0 Å². The number of methoxy groups -OCH3 is 5. The summed E-state index contributed by atoms with van der Waals surface area (Å²) in [7, 11) is 7.58. The van der Waals surface area contributed by atoms with Crippen molar-refractivity contribution in [3.05, 3.63) is 65.5 Å². The van der Waals surface area contributed by atoms with Gasteiger partial charge in [-0.2, -0.15) is 0 Å². The van der Waals surface area contributed by atoms with Crippen LogP contribution in [0.3, 0.4) is 0 Å². The van der Waals surface area contributed by atoms with Gasteiger partial charge in [0.1, 0.15) is 29.1 Å². The van der Waals surface area contributed by atoms with Gasteiger partial charge in [-0.1, -0.05) is 6.92 Å². The SMILES string of the molecule is COc1cc(OC)cc(C(c2cc(OC)cc(OC)c2)[C@H](C)OC(=O)[C@H](C)CC(=O)c2nccc(OC)c2OC(C)=O)c1. The summed E-state index contributed by atoms with van der Waals surface area (Å²) in [5.74, 6) is -0.825. The summed E-state index contributed by atoms with van der Waals surface area (Å²) in [6, 6.07) is 12.3. The van der Waals surface area contributed by atoms with E-state index in [1.54, 1.807) is 54.4 Å². The molecule has 0 bridgehead atoms. The van der Waals surface area contributed by atoms with Crippen molar-refractivity contribution in [1.82, 2.24) is 4.98 Å². The number of carbonyl (C=O) groups is 3. The van der Waals surface area contributed by atoms with Crippen molar-refractivity contribution in [1.29, 1.82) is 0 Å². The number of nitrogens with zero attached hydrogens (tertiary/aromatic N) is 1. The number of ketones is 1. The van der Waals surface area contributed by atoms with E-state index >= 15 is 0 Å². The summed E-state index contributed by atoms with van der Waals surface area (Å²) >= 11 is 0. The first kappa shape index (κ1) is 32.7. The van der Waals surface area contributed by atoms with Gasteiger partial charge in [-0.05, 0) is 42.3 Å². The van der Waals surface area contributed by atoms with Crippen LogP contribution in [0.5, 0.6) is 34.5 Å². The summed E-state index contributed by atoms with van der Waals surface area (Å²) in [4.78, 5) is 42.3. The molecule has 1 aromatic heterocycles. The molecule has 0 saturated heterocycles. The smallest absolute Gasteiger partial charge is 0.309 e. The van der Waals surface area contributed by atoms with E-state index in [4.69, 9.17) is 33.2 Å². The molecule has 3 rings (SSSR count). The van der Waals surface area contributed by atoms with Crippen molar-refractivity contribution in [2.45, 2.75) is 39.2 Å². The van der Waals surface area contributed by atoms with Crippen LogP contribution >= 0.6 is 0 Å². The molecule has 0 aliphatic rings. The van der Waals surface area contributed by atoms with E-state index in [0.29, 0.717) is 23.0 Å². The third-order valence-electron chi connectivity index (χ3n) is 6.73. The molecule has 43 heavy (non-hydrogen) atoms. The van der Waals surface area contributed by atoms with Crippen molar-refractivity contribution < 1.29 is 47.5 Å². The Morgan fingerprint density at radius 3 is 1.65 bits per heavy atom. The zero-order valence-electron chi connectivity index (χ0n) is 25.6. The van der Waals surface area contributed by atoms with E-state index in [9.17, 15) is 14.4 Å². The van der Waals surface area contributed by atoms with Gasteiger partial charge in [0.2, 0.25) is 5.75 Å². The standard InChI is InChI=1S/C32H37NO10/c1-18(11-27(35)30-31(43-20(3)34)28(41-8)9-10-33-30)32(36)42-19(2)29(21-12-23(37-4)16-24(13-21)38-5)22-14-25(39-6)17-26(15-22)40-7/h9-10,12-19,29H,11H2,1-8H3/t18-,19+/m1/s1. The highest BCUT2D eigenvalue weighted by Gasteiger charge is 2.31. The number of benzene rings is 2. The van der Waals surface area contributed by atoms with Crippen LogP contribution in [0.1, 0.15) is 54.7 Å². The first-order chi connectivity index (χ1) is 20.5. The number of carbonyl (C=O) groups excluding carboxylic acids is 3. The van der Waals surface area contributed by atoms with Gasteiger partial charge in [0.05, 0.1) is 41.5 Å². The van der Waals surface area contributed by atoms with E-state index < -0.39 is 35.7 Å². The van der Waals surface area contributed by atoms with Crippen LogP contribution in [0.15, 0.2) is 48.7 Å². The lowest BCUT2D eigenvalue weighted by molar-refractivity contribution is -0.153. The number of esters is 2.